The van der Waals surface area contributed by atoms with Gasteiger partial charge in [-0.3, -0.25) is 4.79 Å². The number of amides is 1. The first-order valence-electron chi connectivity index (χ1n) is 7.13. The molecule has 6 heteroatoms. The Morgan fingerprint density at radius 2 is 1.95 bits per heavy atom. The zero-order valence-electron chi connectivity index (χ0n) is 12.4. The SMILES string of the molecule is COC(=O)c1ccc(NC2CCC(C(N)=O)CC2)nc1C. The molecule has 0 bridgehead atoms. The van der Waals surface area contributed by atoms with Crippen molar-refractivity contribution in [1.29, 1.82) is 0 Å². The second-order valence-corrected chi connectivity index (χ2v) is 5.42. The third-order valence-corrected chi connectivity index (χ3v) is 3.97. The quantitative estimate of drug-likeness (QED) is 0.822. The van der Waals surface area contributed by atoms with Crippen molar-refractivity contribution in [3.05, 3.63) is 23.4 Å². The molecule has 1 amide bonds. The zero-order valence-corrected chi connectivity index (χ0v) is 12.4. The van der Waals surface area contributed by atoms with Gasteiger partial charge in [0.25, 0.3) is 0 Å². The van der Waals surface area contributed by atoms with Crippen molar-refractivity contribution < 1.29 is 14.3 Å². The third-order valence-electron chi connectivity index (χ3n) is 3.97. The van der Waals surface area contributed by atoms with E-state index < -0.39 is 0 Å². The van der Waals surface area contributed by atoms with Crippen LogP contribution in [0.25, 0.3) is 0 Å². The molecular formula is C15H21N3O3. The summed E-state index contributed by atoms with van der Waals surface area (Å²) in [7, 11) is 1.35. The minimum absolute atomic E-state index is 0.000513. The average molecular weight is 291 g/mol. The van der Waals surface area contributed by atoms with Gasteiger partial charge in [0.1, 0.15) is 5.82 Å². The van der Waals surface area contributed by atoms with Crippen LogP contribution in [0.3, 0.4) is 0 Å². The molecule has 0 radical (unpaired) electrons. The highest BCUT2D eigenvalue weighted by molar-refractivity contribution is 5.90. The van der Waals surface area contributed by atoms with Crippen molar-refractivity contribution in [2.24, 2.45) is 11.7 Å². The van der Waals surface area contributed by atoms with Crippen molar-refractivity contribution in [2.45, 2.75) is 38.6 Å². The van der Waals surface area contributed by atoms with E-state index in [9.17, 15) is 9.59 Å². The Hall–Kier alpha value is -2.11. The van der Waals surface area contributed by atoms with Gasteiger partial charge in [0.15, 0.2) is 0 Å². The number of nitrogens with two attached hydrogens (primary N) is 1. The molecule has 0 saturated heterocycles. The summed E-state index contributed by atoms with van der Waals surface area (Å²) in [6.45, 7) is 1.78. The number of rotatable bonds is 4. The molecule has 1 fully saturated rings. The number of carbonyl (C=O) groups is 2. The fraction of sp³-hybridized carbons (Fsp3) is 0.533. The van der Waals surface area contributed by atoms with Crippen molar-refractivity contribution >= 4 is 17.7 Å². The lowest BCUT2D eigenvalue weighted by Crippen LogP contribution is -2.32. The summed E-state index contributed by atoms with van der Waals surface area (Å²) in [5, 5.41) is 3.35. The minimum atomic E-state index is -0.381. The first kappa shape index (κ1) is 15.3. The monoisotopic (exact) mass is 291 g/mol. The van der Waals surface area contributed by atoms with Gasteiger partial charge in [0.2, 0.25) is 5.91 Å². The van der Waals surface area contributed by atoms with Gasteiger partial charge in [-0.15, -0.1) is 0 Å². The number of nitrogens with zero attached hydrogens (tertiary/aromatic N) is 1. The van der Waals surface area contributed by atoms with Gasteiger partial charge >= 0.3 is 5.97 Å². The van der Waals surface area contributed by atoms with Crippen LogP contribution in [0.1, 0.15) is 41.7 Å². The van der Waals surface area contributed by atoms with Crippen LogP contribution in [-0.4, -0.2) is 30.0 Å². The number of aryl methyl sites for hydroxylation is 1. The molecule has 21 heavy (non-hydrogen) atoms. The van der Waals surface area contributed by atoms with E-state index in [2.05, 4.69) is 10.3 Å². The average Bonchev–Trinajstić information content (AvgIpc) is 2.47. The molecular weight excluding hydrogens is 270 g/mol. The molecule has 1 saturated carbocycles. The maximum Gasteiger partial charge on any atom is 0.339 e. The number of nitrogens with one attached hydrogen (secondary N) is 1. The Labute approximate surface area is 124 Å². The Morgan fingerprint density at radius 1 is 1.29 bits per heavy atom. The van der Waals surface area contributed by atoms with Crippen molar-refractivity contribution in [3.63, 3.8) is 0 Å². The van der Waals surface area contributed by atoms with Crippen LogP contribution < -0.4 is 11.1 Å². The highest BCUT2D eigenvalue weighted by Crippen LogP contribution is 2.26. The molecule has 3 N–H and O–H groups in total. The van der Waals surface area contributed by atoms with Gasteiger partial charge < -0.3 is 15.8 Å². The lowest BCUT2D eigenvalue weighted by molar-refractivity contribution is -0.122. The van der Waals surface area contributed by atoms with Gasteiger partial charge in [-0.05, 0) is 44.7 Å². The van der Waals surface area contributed by atoms with E-state index in [-0.39, 0.29) is 23.8 Å². The van der Waals surface area contributed by atoms with Gasteiger partial charge in [-0.25, -0.2) is 9.78 Å². The van der Waals surface area contributed by atoms with Crippen LogP contribution in [-0.2, 0) is 9.53 Å². The van der Waals surface area contributed by atoms with Gasteiger partial charge in [-0.1, -0.05) is 0 Å². The van der Waals surface area contributed by atoms with Gasteiger partial charge in [0, 0.05) is 12.0 Å². The number of carbonyl (C=O) groups excluding carboxylic acids is 2. The molecule has 6 nitrogen and oxygen atoms in total. The molecule has 0 atom stereocenters. The van der Waals surface area contributed by atoms with Crippen LogP contribution >= 0.6 is 0 Å². The topological polar surface area (TPSA) is 94.3 Å². The standard InChI is InChI=1S/C15H21N3O3/c1-9-12(15(20)21-2)7-8-13(17-9)18-11-5-3-10(4-6-11)14(16)19/h7-8,10-11H,3-6H2,1-2H3,(H2,16,19)(H,17,18). The molecule has 0 spiro atoms. The maximum absolute atomic E-state index is 11.5. The number of methoxy groups -OCH3 is 1. The maximum atomic E-state index is 11.5. The van der Waals surface area contributed by atoms with Gasteiger partial charge in [-0.2, -0.15) is 0 Å². The highest BCUT2D eigenvalue weighted by atomic mass is 16.5. The largest absolute Gasteiger partial charge is 0.465 e. The second-order valence-electron chi connectivity index (χ2n) is 5.42. The van der Waals surface area contributed by atoms with E-state index in [1.807, 2.05) is 0 Å². The van der Waals surface area contributed by atoms with E-state index in [0.29, 0.717) is 11.3 Å². The number of pyridine rings is 1. The summed E-state index contributed by atoms with van der Waals surface area (Å²) in [6, 6.07) is 3.78. The van der Waals surface area contributed by atoms with Crippen molar-refractivity contribution in [1.82, 2.24) is 4.98 Å². The Kier molecular flexibility index (Phi) is 4.77. The van der Waals surface area contributed by atoms with Crippen LogP contribution in [0.15, 0.2) is 12.1 Å². The van der Waals surface area contributed by atoms with E-state index in [4.69, 9.17) is 10.5 Å². The molecule has 1 aromatic rings. The molecule has 0 aromatic carbocycles. The lowest BCUT2D eigenvalue weighted by Gasteiger charge is -2.27. The van der Waals surface area contributed by atoms with E-state index in [0.717, 1.165) is 31.5 Å². The smallest absolute Gasteiger partial charge is 0.339 e. The first-order chi connectivity index (χ1) is 10.0. The van der Waals surface area contributed by atoms with Crippen LogP contribution in [0.5, 0.6) is 0 Å². The molecule has 0 aliphatic heterocycles. The Bertz CT molecular complexity index is 537. The fourth-order valence-electron chi connectivity index (χ4n) is 2.70. The first-order valence-corrected chi connectivity index (χ1v) is 7.13. The number of hydrogen-bond donors (Lipinski definition) is 2. The second kappa shape index (κ2) is 6.56. The summed E-state index contributed by atoms with van der Waals surface area (Å²) in [5.41, 5.74) is 6.44. The number of aromatic nitrogens is 1. The summed E-state index contributed by atoms with van der Waals surface area (Å²) >= 11 is 0. The predicted octanol–water partition coefficient (Wildman–Crippen LogP) is 1.63. The third kappa shape index (κ3) is 3.71. The summed E-state index contributed by atoms with van der Waals surface area (Å²) in [6.07, 6.45) is 3.42. The Morgan fingerprint density at radius 3 is 2.48 bits per heavy atom. The molecule has 0 unspecified atom stereocenters. The number of esters is 1. The lowest BCUT2D eigenvalue weighted by atomic mass is 9.85. The van der Waals surface area contributed by atoms with E-state index in [1.54, 1.807) is 19.1 Å². The normalized spacial score (nSPS) is 21.6. The molecule has 114 valence electrons. The summed E-state index contributed by atoms with van der Waals surface area (Å²) < 4.78 is 4.70. The fourth-order valence-corrected chi connectivity index (χ4v) is 2.70. The van der Waals surface area contributed by atoms with Crippen LogP contribution in [0, 0.1) is 12.8 Å². The van der Waals surface area contributed by atoms with E-state index >= 15 is 0 Å². The van der Waals surface area contributed by atoms with Crippen LogP contribution in [0.2, 0.25) is 0 Å². The zero-order chi connectivity index (χ0) is 15.4. The minimum Gasteiger partial charge on any atom is -0.465 e. The summed E-state index contributed by atoms with van der Waals surface area (Å²) in [4.78, 5) is 27.0. The molecule has 1 heterocycles. The Balaban J connectivity index is 1.97. The number of primary amides is 1. The van der Waals surface area contributed by atoms with E-state index in [1.165, 1.54) is 7.11 Å². The summed E-state index contributed by atoms with van der Waals surface area (Å²) in [5.74, 6) is 0.153. The molecule has 1 aromatic heterocycles. The predicted molar refractivity (Wildman–Crippen MR) is 78.9 cm³/mol. The molecule has 1 aliphatic carbocycles. The molecule has 1 aliphatic rings. The van der Waals surface area contributed by atoms with Crippen LogP contribution in [0.4, 0.5) is 5.82 Å². The number of hydrogen-bond acceptors (Lipinski definition) is 5. The molecule has 2 rings (SSSR count). The van der Waals surface area contributed by atoms with Crippen molar-refractivity contribution in [3.8, 4) is 0 Å². The van der Waals surface area contributed by atoms with Gasteiger partial charge in [0.05, 0.1) is 18.4 Å². The highest BCUT2D eigenvalue weighted by Gasteiger charge is 2.24. The number of ether oxygens (including phenoxy) is 1. The van der Waals surface area contributed by atoms with Crippen molar-refractivity contribution in [2.75, 3.05) is 12.4 Å². The number of anilines is 1.